The lowest BCUT2D eigenvalue weighted by Gasteiger charge is -2.37. The molecular weight excluding hydrogens is 1230 g/mol. The van der Waals surface area contributed by atoms with E-state index in [2.05, 4.69) is 386 Å². The fraction of sp³-hybridized carbons (Fsp3) is 0.242. The van der Waals surface area contributed by atoms with Gasteiger partial charge < -0.3 is 18.8 Å². The highest BCUT2D eigenvalue weighted by molar-refractivity contribution is 7.05. The van der Waals surface area contributed by atoms with E-state index in [9.17, 15) is 0 Å². The second-order valence-electron chi connectivity index (χ2n) is 34.2. The Balaban J connectivity index is 1.14. The molecule has 0 radical (unpaired) electrons. The summed E-state index contributed by atoms with van der Waals surface area (Å²) in [6.45, 7) is 40.0. The van der Waals surface area contributed by atoms with Crippen LogP contribution in [0.4, 0.5) is 34.1 Å². The Bertz CT molecular complexity index is 5540. The predicted molar refractivity (Wildman–Crippen MR) is 430 cm³/mol. The van der Waals surface area contributed by atoms with E-state index in [0.29, 0.717) is 0 Å². The zero-order valence-electron chi connectivity index (χ0n) is 61.5. The molecule has 2 aliphatic rings. The largest absolute Gasteiger partial charge is 0.455 e. The van der Waals surface area contributed by atoms with Crippen molar-refractivity contribution in [2.24, 2.45) is 0 Å². The lowest BCUT2D eigenvalue weighted by Crippen LogP contribution is -2.50. The molecule has 0 amide bonds. The summed E-state index contributed by atoms with van der Waals surface area (Å²) >= 11 is 0. The van der Waals surface area contributed by atoms with Gasteiger partial charge in [-0.25, -0.2) is 0 Å². The molecule has 2 aromatic heterocycles. The molecule has 498 valence electrons. The topological polar surface area (TPSA) is 24.6 Å². The molecule has 0 spiro atoms. The van der Waals surface area contributed by atoms with Gasteiger partial charge in [-0.3, -0.25) is 0 Å². The summed E-state index contributed by atoms with van der Waals surface area (Å²) in [5.74, 6) is 0. The van der Waals surface area contributed by atoms with E-state index in [1.807, 2.05) is 0 Å². The molecule has 1 aliphatic carbocycles. The van der Waals surface area contributed by atoms with Crippen LogP contribution in [0.3, 0.4) is 0 Å². The van der Waals surface area contributed by atoms with Gasteiger partial charge in [0.15, 0.2) is 0 Å². The maximum absolute atomic E-state index is 7.89. The Morgan fingerprint density at radius 2 is 0.770 bits per heavy atom. The van der Waals surface area contributed by atoms with Crippen LogP contribution in [-0.2, 0) is 32.5 Å². The van der Waals surface area contributed by atoms with Crippen LogP contribution in [0.5, 0.6) is 0 Å². The standard InChI is InChI=1S/C95H93N3OSi/c1-90(2,3)60-36-38-64(39-37-60)95(66-47-55-79-75(57-66)74-56-65(94(13,14)15)46-54-78(74)98(79)71-52-44-63(45-53-71)93(10,11)12)76-59-81(97(68-30-22-19-23-31-68)70-50-42-62(43-51-70)92(7,8)9)89-85(73-33-25-27-35-83(73)100(89,16)17)86(76)87-77(95)58-80(84-72-32-24-26-34-82(72)99-88(84)87)96(67-28-20-18-21-29-67)69-48-40-61(41-49-69)91(4,5)6/h18-59H,1-17H3. The first-order valence-corrected chi connectivity index (χ1v) is 39.1. The van der Waals surface area contributed by atoms with Gasteiger partial charge in [0.25, 0.3) is 0 Å². The smallest absolute Gasteiger partial charge is 0.145 e. The first kappa shape index (κ1) is 64.7. The molecule has 1 atom stereocenters. The molecule has 0 N–H and O–H groups in total. The van der Waals surface area contributed by atoms with E-state index in [4.69, 9.17) is 4.42 Å². The fourth-order valence-corrected chi connectivity index (χ4v) is 20.2. The highest BCUT2D eigenvalue weighted by Crippen LogP contribution is 2.65. The van der Waals surface area contributed by atoms with Crippen LogP contribution < -0.4 is 20.2 Å². The van der Waals surface area contributed by atoms with Gasteiger partial charge in [-0.2, -0.15) is 0 Å². The summed E-state index contributed by atoms with van der Waals surface area (Å²) in [7, 11) is -2.64. The highest BCUT2D eigenvalue weighted by Gasteiger charge is 2.54. The highest BCUT2D eigenvalue weighted by atomic mass is 28.3. The second kappa shape index (κ2) is 22.8. The third-order valence-corrected chi connectivity index (χ3v) is 25.8. The number of para-hydroxylation sites is 3. The maximum Gasteiger partial charge on any atom is 0.145 e. The lowest BCUT2D eigenvalue weighted by molar-refractivity contribution is 0.589. The quantitative estimate of drug-likeness (QED) is 0.135. The van der Waals surface area contributed by atoms with E-state index >= 15 is 0 Å². The first-order valence-electron chi connectivity index (χ1n) is 36.1. The zero-order valence-corrected chi connectivity index (χ0v) is 62.5. The van der Waals surface area contributed by atoms with Crippen LogP contribution in [0.2, 0.25) is 13.1 Å². The van der Waals surface area contributed by atoms with E-state index in [0.717, 1.165) is 67.1 Å². The zero-order chi connectivity index (χ0) is 70.0. The second-order valence-corrected chi connectivity index (χ2v) is 38.5. The van der Waals surface area contributed by atoms with Crippen molar-refractivity contribution >= 4 is 96.3 Å². The molecule has 4 nitrogen and oxygen atoms in total. The van der Waals surface area contributed by atoms with Crippen molar-refractivity contribution in [3.05, 3.63) is 305 Å². The molecule has 0 saturated heterocycles. The van der Waals surface area contributed by atoms with Crippen molar-refractivity contribution in [2.45, 2.75) is 149 Å². The van der Waals surface area contributed by atoms with Gasteiger partial charge >= 0.3 is 0 Å². The predicted octanol–water partition coefficient (Wildman–Crippen LogP) is 25.3. The van der Waals surface area contributed by atoms with Crippen LogP contribution in [0, 0.1) is 0 Å². The molecule has 14 aromatic rings. The maximum atomic E-state index is 7.89. The molecule has 12 aromatic carbocycles. The number of fused-ring (bicyclic) bond motifs is 14. The Hall–Kier alpha value is -9.94. The lowest BCUT2D eigenvalue weighted by atomic mass is 9.66. The van der Waals surface area contributed by atoms with Crippen molar-refractivity contribution in [1.82, 2.24) is 4.57 Å². The summed E-state index contributed by atoms with van der Waals surface area (Å²) in [6.07, 6.45) is 0. The van der Waals surface area contributed by atoms with Gasteiger partial charge in [-0.15, -0.1) is 0 Å². The summed E-state index contributed by atoms with van der Waals surface area (Å²) in [6, 6.07) is 98.6. The molecular formula is C95H93N3OSi. The average Bonchev–Trinajstić information content (AvgIpc) is 1.49. The minimum absolute atomic E-state index is 0.000962. The van der Waals surface area contributed by atoms with Crippen LogP contribution in [0.1, 0.15) is 154 Å². The number of furan rings is 1. The molecule has 0 fully saturated rings. The van der Waals surface area contributed by atoms with Gasteiger partial charge in [0.05, 0.1) is 27.5 Å². The minimum atomic E-state index is -2.64. The molecule has 100 heavy (non-hydrogen) atoms. The van der Waals surface area contributed by atoms with Crippen LogP contribution >= 0.6 is 0 Å². The van der Waals surface area contributed by atoms with E-state index in [-0.39, 0.29) is 27.1 Å². The van der Waals surface area contributed by atoms with Crippen molar-refractivity contribution in [3.8, 4) is 27.9 Å². The fourth-order valence-electron chi connectivity index (χ4n) is 16.8. The average molecular weight is 1320 g/mol. The number of aromatic nitrogens is 1. The third-order valence-electron chi connectivity index (χ3n) is 22.2. The number of rotatable bonds is 9. The Morgan fingerprint density at radius 1 is 0.350 bits per heavy atom. The summed E-state index contributed by atoms with van der Waals surface area (Å²) < 4.78 is 10.4. The van der Waals surface area contributed by atoms with Crippen LogP contribution in [-0.4, -0.2) is 12.6 Å². The Morgan fingerprint density at radius 3 is 1.32 bits per heavy atom. The van der Waals surface area contributed by atoms with Crippen molar-refractivity contribution < 1.29 is 4.42 Å². The van der Waals surface area contributed by atoms with Gasteiger partial charge in [0.1, 0.15) is 19.2 Å². The normalized spacial score (nSPS) is 15.2. The molecule has 16 rings (SSSR count). The van der Waals surface area contributed by atoms with Crippen LogP contribution in [0.25, 0.3) is 71.7 Å². The Kier molecular flexibility index (Phi) is 14.8. The van der Waals surface area contributed by atoms with E-state index < -0.39 is 13.5 Å². The van der Waals surface area contributed by atoms with Crippen molar-refractivity contribution in [1.29, 1.82) is 0 Å². The SMILES string of the molecule is CC(C)(C)c1ccc(N(c2ccccc2)c2cc3c(c4c2[Si](C)(C)c2ccccc2-4)-c2c(cc(N(c4ccccc4)c4ccc(C(C)(C)C)cc4)c4c2oc2ccccc24)C3(c2ccc(C(C)(C)C)cc2)c2ccc3c(c2)c2cc(C(C)(C)C)ccc2n3-c2ccc(C(C)(C)C)cc2)cc1. The number of hydrogen-bond donors (Lipinski definition) is 0. The van der Waals surface area contributed by atoms with Gasteiger partial charge in [0, 0.05) is 55.8 Å². The summed E-state index contributed by atoms with van der Waals surface area (Å²) in [5.41, 5.74) is 26.8. The van der Waals surface area contributed by atoms with Gasteiger partial charge in [-0.1, -0.05) is 269 Å². The van der Waals surface area contributed by atoms with Crippen LogP contribution in [0.15, 0.2) is 259 Å². The van der Waals surface area contributed by atoms with Crippen molar-refractivity contribution in [3.63, 3.8) is 0 Å². The molecule has 0 saturated carbocycles. The summed E-state index contributed by atoms with van der Waals surface area (Å²) in [4.78, 5) is 5.13. The number of benzene rings is 12. The molecule has 1 unspecified atom stereocenters. The molecule has 1 aliphatic heterocycles. The molecule has 0 bridgehead atoms. The van der Waals surface area contributed by atoms with E-state index in [1.165, 1.54) is 99.1 Å². The summed E-state index contributed by atoms with van der Waals surface area (Å²) in [5, 5.41) is 7.46. The number of hydrogen-bond acceptors (Lipinski definition) is 3. The van der Waals surface area contributed by atoms with E-state index in [1.54, 1.807) is 0 Å². The minimum Gasteiger partial charge on any atom is -0.455 e. The monoisotopic (exact) mass is 1320 g/mol. The van der Waals surface area contributed by atoms with Crippen molar-refractivity contribution in [2.75, 3.05) is 9.80 Å². The molecule has 3 heterocycles. The van der Waals surface area contributed by atoms with Gasteiger partial charge in [0.2, 0.25) is 0 Å². The van der Waals surface area contributed by atoms with Gasteiger partial charge in [-0.05, 0) is 207 Å². The third kappa shape index (κ3) is 10.2. The number of anilines is 6. The Labute approximate surface area is 593 Å². The first-order chi connectivity index (χ1) is 47.5. The number of nitrogens with zero attached hydrogens (tertiary/aromatic N) is 3. The molecule has 5 heteroatoms.